The lowest BCUT2D eigenvalue weighted by molar-refractivity contribution is 0.0977. The van der Waals surface area contributed by atoms with Gasteiger partial charge in [0.15, 0.2) is 17.3 Å². The van der Waals surface area contributed by atoms with E-state index in [4.69, 9.17) is 4.74 Å². The predicted molar refractivity (Wildman–Crippen MR) is 52.2 cm³/mol. The van der Waals surface area contributed by atoms with Crippen molar-refractivity contribution < 1.29 is 13.9 Å². The van der Waals surface area contributed by atoms with Gasteiger partial charge >= 0.3 is 0 Å². The van der Waals surface area contributed by atoms with Crippen molar-refractivity contribution >= 4 is 5.78 Å². The molecule has 0 saturated heterocycles. The molecule has 0 aliphatic carbocycles. The molecule has 0 amide bonds. The van der Waals surface area contributed by atoms with Crippen LogP contribution in [-0.4, -0.2) is 12.9 Å². The van der Waals surface area contributed by atoms with Gasteiger partial charge in [-0.2, -0.15) is 0 Å². The monoisotopic (exact) mass is 196 g/mol. The number of ether oxygens (including phenoxy) is 1. The van der Waals surface area contributed by atoms with Crippen molar-refractivity contribution in [2.45, 2.75) is 19.8 Å². The fourth-order valence-corrected chi connectivity index (χ4v) is 1.25. The number of carbonyl (C=O) groups is 1. The van der Waals surface area contributed by atoms with Gasteiger partial charge in [0.25, 0.3) is 0 Å². The minimum absolute atomic E-state index is 0.117. The van der Waals surface area contributed by atoms with Gasteiger partial charge in [0.05, 0.1) is 12.7 Å². The number of carbonyl (C=O) groups excluding carboxylic acids is 1. The van der Waals surface area contributed by atoms with E-state index in [1.807, 2.05) is 6.92 Å². The highest BCUT2D eigenvalue weighted by Crippen LogP contribution is 2.21. The summed E-state index contributed by atoms with van der Waals surface area (Å²) in [4.78, 5) is 11.4. The molecule has 1 aromatic carbocycles. The highest BCUT2D eigenvalue weighted by atomic mass is 19.1. The Morgan fingerprint density at radius 3 is 2.79 bits per heavy atom. The molecule has 2 nitrogen and oxygen atoms in total. The Kier molecular flexibility index (Phi) is 3.63. The fourth-order valence-electron chi connectivity index (χ4n) is 1.25. The summed E-state index contributed by atoms with van der Waals surface area (Å²) >= 11 is 0. The summed E-state index contributed by atoms with van der Waals surface area (Å²) in [7, 11) is 1.38. The van der Waals surface area contributed by atoms with Gasteiger partial charge in [-0.25, -0.2) is 4.39 Å². The van der Waals surface area contributed by atoms with Crippen LogP contribution < -0.4 is 4.74 Å². The number of rotatable bonds is 4. The van der Waals surface area contributed by atoms with Crippen LogP contribution in [0.25, 0.3) is 0 Å². The molecular formula is C11H13FO2. The molecule has 0 spiro atoms. The molecule has 0 bridgehead atoms. The number of methoxy groups -OCH3 is 1. The van der Waals surface area contributed by atoms with Gasteiger partial charge < -0.3 is 4.74 Å². The maximum Gasteiger partial charge on any atom is 0.175 e. The van der Waals surface area contributed by atoms with Crippen LogP contribution in [0.4, 0.5) is 4.39 Å². The SMILES string of the molecule is CCCC(=O)c1cccc(OC)c1F. The maximum atomic E-state index is 13.5. The Hall–Kier alpha value is -1.38. The lowest BCUT2D eigenvalue weighted by atomic mass is 10.1. The van der Waals surface area contributed by atoms with Gasteiger partial charge in [-0.1, -0.05) is 13.0 Å². The van der Waals surface area contributed by atoms with Crippen molar-refractivity contribution in [2.75, 3.05) is 7.11 Å². The first kappa shape index (κ1) is 10.7. The number of ketones is 1. The molecule has 0 atom stereocenters. The first-order chi connectivity index (χ1) is 6.70. The van der Waals surface area contributed by atoms with E-state index in [1.54, 1.807) is 6.07 Å². The van der Waals surface area contributed by atoms with Crippen molar-refractivity contribution in [3.8, 4) is 5.75 Å². The third-order valence-corrected chi connectivity index (χ3v) is 1.96. The standard InChI is InChI=1S/C11H13FO2/c1-3-5-9(13)8-6-4-7-10(14-2)11(8)12/h4,6-7H,3,5H2,1-2H3. The molecule has 76 valence electrons. The lowest BCUT2D eigenvalue weighted by Gasteiger charge is -2.05. The molecule has 1 aromatic rings. The van der Waals surface area contributed by atoms with E-state index in [2.05, 4.69) is 0 Å². The fraction of sp³-hybridized carbons (Fsp3) is 0.364. The highest BCUT2D eigenvalue weighted by Gasteiger charge is 2.13. The van der Waals surface area contributed by atoms with Crippen molar-refractivity contribution in [3.05, 3.63) is 29.6 Å². The van der Waals surface area contributed by atoms with Gasteiger partial charge in [0, 0.05) is 6.42 Å². The minimum atomic E-state index is -0.562. The number of Topliss-reactive ketones (excluding diaryl/α,β-unsaturated/α-hetero) is 1. The van der Waals surface area contributed by atoms with Crippen LogP contribution in [0.1, 0.15) is 30.1 Å². The van der Waals surface area contributed by atoms with E-state index in [0.717, 1.165) is 6.42 Å². The molecule has 0 fully saturated rings. The van der Waals surface area contributed by atoms with E-state index in [0.29, 0.717) is 6.42 Å². The number of halogens is 1. The molecule has 1 rings (SSSR count). The third-order valence-electron chi connectivity index (χ3n) is 1.96. The van der Waals surface area contributed by atoms with Crippen LogP contribution in [0, 0.1) is 5.82 Å². The summed E-state index contributed by atoms with van der Waals surface area (Å²) in [6, 6.07) is 4.60. The van der Waals surface area contributed by atoms with Gasteiger partial charge in [0.2, 0.25) is 0 Å². The van der Waals surface area contributed by atoms with E-state index in [1.165, 1.54) is 19.2 Å². The van der Waals surface area contributed by atoms with Crippen molar-refractivity contribution in [3.63, 3.8) is 0 Å². The summed E-state index contributed by atoms with van der Waals surface area (Å²) in [5.41, 5.74) is 0.117. The summed E-state index contributed by atoms with van der Waals surface area (Å²) in [5.74, 6) is -0.621. The smallest absolute Gasteiger partial charge is 0.175 e. The van der Waals surface area contributed by atoms with E-state index in [-0.39, 0.29) is 17.1 Å². The summed E-state index contributed by atoms with van der Waals surface area (Å²) < 4.78 is 18.3. The summed E-state index contributed by atoms with van der Waals surface area (Å²) in [5, 5.41) is 0. The molecule has 0 N–H and O–H groups in total. The third kappa shape index (κ3) is 2.10. The first-order valence-electron chi connectivity index (χ1n) is 4.56. The maximum absolute atomic E-state index is 13.5. The van der Waals surface area contributed by atoms with Gasteiger partial charge in [-0.3, -0.25) is 4.79 Å². The zero-order valence-electron chi connectivity index (χ0n) is 8.34. The van der Waals surface area contributed by atoms with Crippen LogP contribution >= 0.6 is 0 Å². The van der Waals surface area contributed by atoms with Crippen LogP contribution in [0.15, 0.2) is 18.2 Å². The van der Waals surface area contributed by atoms with E-state index >= 15 is 0 Å². The molecule has 0 aromatic heterocycles. The Morgan fingerprint density at radius 1 is 1.50 bits per heavy atom. The van der Waals surface area contributed by atoms with Crippen molar-refractivity contribution in [1.82, 2.24) is 0 Å². The molecule has 0 aliphatic heterocycles. The quantitative estimate of drug-likeness (QED) is 0.692. The second kappa shape index (κ2) is 4.74. The molecular weight excluding hydrogens is 183 g/mol. The number of hydrogen-bond acceptors (Lipinski definition) is 2. The van der Waals surface area contributed by atoms with Gasteiger partial charge in [-0.15, -0.1) is 0 Å². The van der Waals surface area contributed by atoms with Crippen LogP contribution in [-0.2, 0) is 0 Å². The van der Waals surface area contributed by atoms with Crippen molar-refractivity contribution in [2.24, 2.45) is 0 Å². The van der Waals surface area contributed by atoms with E-state index in [9.17, 15) is 9.18 Å². The second-order valence-corrected chi connectivity index (χ2v) is 2.99. The minimum Gasteiger partial charge on any atom is -0.494 e. The van der Waals surface area contributed by atoms with Gasteiger partial charge in [0.1, 0.15) is 0 Å². The molecule has 0 heterocycles. The Morgan fingerprint density at radius 2 is 2.21 bits per heavy atom. The highest BCUT2D eigenvalue weighted by molar-refractivity contribution is 5.96. The topological polar surface area (TPSA) is 26.3 Å². The molecule has 3 heteroatoms. The first-order valence-corrected chi connectivity index (χ1v) is 4.56. The number of benzene rings is 1. The molecule has 14 heavy (non-hydrogen) atoms. The predicted octanol–water partition coefficient (Wildman–Crippen LogP) is 2.82. The average Bonchev–Trinajstić information content (AvgIpc) is 2.18. The van der Waals surface area contributed by atoms with Crippen molar-refractivity contribution in [1.29, 1.82) is 0 Å². The molecule has 0 aliphatic rings. The Bertz CT molecular complexity index is 334. The van der Waals surface area contributed by atoms with Gasteiger partial charge in [-0.05, 0) is 18.6 Å². The Labute approximate surface area is 82.7 Å². The zero-order valence-corrected chi connectivity index (χ0v) is 8.34. The van der Waals surface area contributed by atoms with Crippen LogP contribution in [0.5, 0.6) is 5.75 Å². The Balaban J connectivity index is 3.03. The molecule has 0 radical (unpaired) electrons. The second-order valence-electron chi connectivity index (χ2n) is 2.99. The molecule has 0 unspecified atom stereocenters. The molecule has 0 saturated carbocycles. The normalized spacial score (nSPS) is 9.93. The van der Waals surface area contributed by atoms with Crippen LogP contribution in [0.3, 0.4) is 0 Å². The summed E-state index contributed by atoms with van der Waals surface area (Å²) in [6.07, 6.45) is 1.08. The average molecular weight is 196 g/mol. The zero-order chi connectivity index (χ0) is 10.6. The van der Waals surface area contributed by atoms with E-state index < -0.39 is 5.82 Å². The lowest BCUT2D eigenvalue weighted by Crippen LogP contribution is -2.03. The number of hydrogen-bond donors (Lipinski definition) is 0. The summed E-state index contributed by atoms with van der Waals surface area (Å²) in [6.45, 7) is 1.88. The largest absolute Gasteiger partial charge is 0.494 e. The van der Waals surface area contributed by atoms with Crippen LogP contribution in [0.2, 0.25) is 0 Å².